The number of esters is 2. The smallest absolute Gasteiger partial charge is 0.354 e. The van der Waals surface area contributed by atoms with Gasteiger partial charge in [-0.3, -0.25) is 0 Å². The van der Waals surface area contributed by atoms with Gasteiger partial charge in [-0.1, -0.05) is 0 Å². The Balaban J connectivity index is 2.94. The minimum Gasteiger partial charge on any atom is -0.464 e. The molecule has 1 heterocycles. The van der Waals surface area contributed by atoms with E-state index in [4.69, 9.17) is 4.74 Å². The number of rotatable bonds is 3. The highest BCUT2D eigenvalue weighted by Crippen LogP contribution is 2.28. The quantitative estimate of drug-likeness (QED) is 0.621. The zero-order valence-corrected chi connectivity index (χ0v) is 11.8. The summed E-state index contributed by atoms with van der Waals surface area (Å²) in [5.41, 5.74) is 1.76. The van der Waals surface area contributed by atoms with Gasteiger partial charge in [0.05, 0.1) is 24.3 Å². The van der Waals surface area contributed by atoms with Crippen molar-refractivity contribution >= 4 is 23.7 Å². The Morgan fingerprint density at radius 2 is 2.11 bits per heavy atom. The topological polar surface area (TPSA) is 64.6 Å². The highest BCUT2D eigenvalue weighted by molar-refractivity contribution is 8.03. The SMILES string of the molecule is CCOC(=O)/C(C)=C1\NC(C(=O)OC)=C(C)CS1. The first-order chi connectivity index (χ1) is 8.51. The van der Waals surface area contributed by atoms with E-state index >= 15 is 0 Å². The summed E-state index contributed by atoms with van der Waals surface area (Å²) < 4.78 is 9.61. The predicted molar refractivity (Wildman–Crippen MR) is 69.6 cm³/mol. The zero-order chi connectivity index (χ0) is 13.7. The molecule has 0 radical (unpaired) electrons. The second-order valence-corrected chi connectivity index (χ2v) is 4.72. The van der Waals surface area contributed by atoms with E-state index in [0.29, 0.717) is 28.7 Å². The Morgan fingerprint density at radius 1 is 1.44 bits per heavy atom. The van der Waals surface area contributed by atoms with Crippen molar-refractivity contribution in [3.05, 3.63) is 21.9 Å². The van der Waals surface area contributed by atoms with Crippen LogP contribution in [0.1, 0.15) is 20.8 Å². The molecule has 5 nitrogen and oxygen atoms in total. The lowest BCUT2D eigenvalue weighted by atomic mass is 10.2. The molecule has 0 bridgehead atoms. The molecule has 0 saturated carbocycles. The summed E-state index contributed by atoms with van der Waals surface area (Å²) in [4.78, 5) is 23.2. The minimum absolute atomic E-state index is 0.326. The maximum atomic E-state index is 11.6. The van der Waals surface area contributed by atoms with Crippen LogP contribution in [0.2, 0.25) is 0 Å². The van der Waals surface area contributed by atoms with Gasteiger partial charge in [-0.25, -0.2) is 9.59 Å². The van der Waals surface area contributed by atoms with Gasteiger partial charge in [0, 0.05) is 5.75 Å². The highest BCUT2D eigenvalue weighted by Gasteiger charge is 2.23. The molecule has 0 amide bonds. The molecule has 0 aromatic rings. The molecule has 0 aliphatic carbocycles. The van der Waals surface area contributed by atoms with Gasteiger partial charge in [0.25, 0.3) is 0 Å². The molecular weight excluding hydrogens is 254 g/mol. The van der Waals surface area contributed by atoms with Crippen LogP contribution in [0.3, 0.4) is 0 Å². The van der Waals surface area contributed by atoms with E-state index in [-0.39, 0.29) is 5.97 Å². The van der Waals surface area contributed by atoms with Crippen molar-refractivity contribution in [2.75, 3.05) is 19.5 Å². The average Bonchev–Trinajstić information content (AvgIpc) is 2.38. The minimum atomic E-state index is -0.429. The third-order valence-corrected chi connectivity index (χ3v) is 3.68. The Labute approximate surface area is 111 Å². The van der Waals surface area contributed by atoms with Crippen LogP contribution in [0.5, 0.6) is 0 Å². The van der Waals surface area contributed by atoms with Crippen LogP contribution < -0.4 is 5.32 Å². The maximum Gasteiger partial charge on any atom is 0.354 e. The lowest BCUT2D eigenvalue weighted by molar-refractivity contribution is -0.139. The van der Waals surface area contributed by atoms with Crippen molar-refractivity contribution in [2.45, 2.75) is 20.8 Å². The molecule has 0 aromatic heterocycles. The van der Waals surface area contributed by atoms with Gasteiger partial charge in [0.1, 0.15) is 5.70 Å². The van der Waals surface area contributed by atoms with Crippen molar-refractivity contribution in [3.8, 4) is 0 Å². The number of nitrogens with one attached hydrogen (secondary N) is 1. The number of carbonyl (C=O) groups is 2. The summed E-state index contributed by atoms with van der Waals surface area (Å²) in [5.74, 6) is -0.165. The van der Waals surface area contributed by atoms with E-state index in [9.17, 15) is 9.59 Å². The molecule has 6 heteroatoms. The summed E-state index contributed by atoms with van der Waals surface area (Å²) in [5, 5.41) is 3.58. The summed E-state index contributed by atoms with van der Waals surface area (Å²) in [7, 11) is 1.33. The molecule has 1 N–H and O–H groups in total. The second kappa shape index (κ2) is 6.49. The molecule has 1 aliphatic rings. The fraction of sp³-hybridized carbons (Fsp3) is 0.500. The first kappa shape index (κ1) is 14.6. The third kappa shape index (κ3) is 3.29. The first-order valence-electron chi connectivity index (χ1n) is 5.57. The fourth-order valence-corrected chi connectivity index (χ4v) is 2.35. The number of hydrogen-bond acceptors (Lipinski definition) is 6. The molecule has 18 heavy (non-hydrogen) atoms. The second-order valence-electron chi connectivity index (χ2n) is 3.74. The lowest BCUT2D eigenvalue weighted by Crippen LogP contribution is -2.27. The fourth-order valence-electron chi connectivity index (χ4n) is 1.37. The number of hydrogen-bond donors (Lipinski definition) is 1. The van der Waals surface area contributed by atoms with Crippen LogP contribution in [-0.4, -0.2) is 31.4 Å². The van der Waals surface area contributed by atoms with Crippen molar-refractivity contribution in [3.63, 3.8) is 0 Å². The van der Waals surface area contributed by atoms with Gasteiger partial charge in [-0.15, -0.1) is 11.8 Å². The molecule has 0 spiro atoms. The molecule has 0 atom stereocenters. The molecule has 1 rings (SSSR count). The van der Waals surface area contributed by atoms with Crippen LogP contribution >= 0.6 is 11.8 Å². The molecule has 100 valence electrons. The van der Waals surface area contributed by atoms with Crippen molar-refractivity contribution < 1.29 is 19.1 Å². The standard InChI is InChI=1S/C12H17NO4S/c1-5-17-11(14)8(3)10-13-9(12(15)16-4)7(2)6-18-10/h13H,5-6H2,1-4H3/b10-8+. The number of carbonyl (C=O) groups excluding carboxylic acids is 2. The Bertz CT molecular complexity index is 426. The van der Waals surface area contributed by atoms with Gasteiger partial charge in [-0.05, 0) is 26.3 Å². The Hall–Kier alpha value is -1.43. The van der Waals surface area contributed by atoms with Gasteiger partial charge in [0.2, 0.25) is 0 Å². The van der Waals surface area contributed by atoms with Gasteiger partial charge in [-0.2, -0.15) is 0 Å². The number of ether oxygens (including phenoxy) is 2. The predicted octanol–water partition coefficient (Wildman–Crippen LogP) is 1.56. The van der Waals surface area contributed by atoms with E-state index in [1.165, 1.54) is 18.9 Å². The normalized spacial score (nSPS) is 18.0. The van der Waals surface area contributed by atoms with E-state index in [0.717, 1.165) is 5.57 Å². The van der Waals surface area contributed by atoms with Crippen LogP contribution in [0.15, 0.2) is 21.9 Å². The molecule has 0 saturated heterocycles. The van der Waals surface area contributed by atoms with Gasteiger partial charge >= 0.3 is 11.9 Å². The van der Waals surface area contributed by atoms with Crippen molar-refractivity contribution in [1.29, 1.82) is 0 Å². The highest BCUT2D eigenvalue weighted by atomic mass is 32.2. The summed E-state index contributed by atoms with van der Waals surface area (Å²) in [6.45, 7) is 5.60. The molecule has 0 fully saturated rings. The van der Waals surface area contributed by atoms with Gasteiger partial charge in [0.15, 0.2) is 0 Å². The first-order valence-corrected chi connectivity index (χ1v) is 6.55. The maximum absolute atomic E-state index is 11.6. The summed E-state index contributed by atoms with van der Waals surface area (Å²) >= 11 is 1.47. The van der Waals surface area contributed by atoms with Crippen LogP contribution in [-0.2, 0) is 19.1 Å². The van der Waals surface area contributed by atoms with E-state index < -0.39 is 5.97 Å². The largest absolute Gasteiger partial charge is 0.464 e. The number of thioether (sulfide) groups is 1. The van der Waals surface area contributed by atoms with Crippen molar-refractivity contribution in [1.82, 2.24) is 5.32 Å². The molecule has 1 aliphatic heterocycles. The van der Waals surface area contributed by atoms with Crippen LogP contribution in [0, 0.1) is 0 Å². The van der Waals surface area contributed by atoms with E-state index in [1.54, 1.807) is 13.8 Å². The average molecular weight is 271 g/mol. The lowest BCUT2D eigenvalue weighted by Gasteiger charge is -2.21. The van der Waals surface area contributed by atoms with Gasteiger partial charge < -0.3 is 14.8 Å². The molecule has 0 unspecified atom stereocenters. The monoisotopic (exact) mass is 271 g/mol. The van der Waals surface area contributed by atoms with E-state index in [2.05, 4.69) is 10.1 Å². The summed E-state index contributed by atoms with van der Waals surface area (Å²) in [6, 6.07) is 0. The molecule has 0 aromatic carbocycles. The molecular formula is C12H17NO4S. The van der Waals surface area contributed by atoms with Crippen molar-refractivity contribution in [2.24, 2.45) is 0 Å². The Kier molecular flexibility index (Phi) is 5.27. The van der Waals surface area contributed by atoms with E-state index in [1.807, 2.05) is 6.92 Å². The third-order valence-electron chi connectivity index (χ3n) is 2.41. The van der Waals surface area contributed by atoms with Crippen LogP contribution in [0.4, 0.5) is 0 Å². The zero-order valence-electron chi connectivity index (χ0n) is 11.0. The summed E-state index contributed by atoms with van der Waals surface area (Å²) in [6.07, 6.45) is 0. The van der Waals surface area contributed by atoms with Crippen LogP contribution in [0.25, 0.3) is 0 Å². The number of methoxy groups -OCH3 is 1. The Morgan fingerprint density at radius 3 is 2.67 bits per heavy atom.